The van der Waals surface area contributed by atoms with Crippen LogP contribution in [0.1, 0.15) is 23.5 Å². The molecule has 0 aliphatic heterocycles. The molecule has 1 aliphatic rings. The van der Waals surface area contributed by atoms with Gasteiger partial charge in [-0.15, -0.1) is 0 Å². The maximum Gasteiger partial charge on any atom is 0.407 e. The highest BCUT2D eigenvalue weighted by atomic mass is 19.3. The van der Waals surface area contributed by atoms with E-state index in [0.29, 0.717) is 0 Å². The number of hydrogen-bond donors (Lipinski definition) is 2. The van der Waals surface area contributed by atoms with E-state index in [1.165, 1.54) is 0 Å². The molecular weight excluding hydrogens is 328 g/mol. The monoisotopic (exact) mass is 347 g/mol. The van der Waals surface area contributed by atoms with Crippen LogP contribution in [0.15, 0.2) is 48.5 Å². The van der Waals surface area contributed by atoms with Crippen molar-refractivity contribution >= 4 is 6.09 Å². The first-order chi connectivity index (χ1) is 12.1. The van der Waals surface area contributed by atoms with E-state index in [4.69, 9.17) is 9.84 Å². The van der Waals surface area contributed by atoms with Crippen molar-refractivity contribution in [3.05, 3.63) is 59.7 Å². The van der Waals surface area contributed by atoms with Gasteiger partial charge in [0.25, 0.3) is 6.43 Å². The summed E-state index contributed by atoms with van der Waals surface area (Å²) >= 11 is 0. The Morgan fingerprint density at radius 3 is 2.20 bits per heavy atom. The molecule has 2 aromatic rings. The van der Waals surface area contributed by atoms with Crippen LogP contribution < -0.4 is 5.32 Å². The van der Waals surface area contributed by atoms with Crippen LogP contribution in [0.2, 0.25) is 0 Å². The number of fused-ring (bicyclic) bond motifs is 3. The Labute approximate surface area is 144 Å². The number of benzene rings is 2. The van der Waals surface area contributed by atoms with Crippen molar-refractivity contribution in [2.75, 3.05) is 13.2 Å². The Morgan fingerprint density at radius 2 is 1.64 bits per heavy atom. The molecular formula is C19H19F2NO3. The minimum atomic E-state index is -2.82. The lowest BCUT2D eigenvalue weighted by Gasteiger charge is -2.15. The standard InChI is InChI=1S/C19H19F2NO3/c20-18(21)17(23)9-10-22-19(24)25-11-16-14-7-3-1-5-12(14)13-6-2-4-8-15(13)16/h1-8,16-18,23H,9-11H2,(H,22,24). The number of carbonyl (C=O) groups is 1. The average Bonchev–Trinajstić information content (AvgIpc) is 2.94. The summed E-state index contributed by atoms with van der Waals surface area (Å²) in [5, 5.41) is 11.4. The summed E-state index contributed by atoms with van der Waals surface area (Å²) < 4.78 is 29.6. The molecule has 0 saturated carbocycles. The predicted molar refractivity (Wildman–Crippen MR) is 89.7 cm³/mol. The molecule has 1 aliphatic carbocycles. The topological polar surface area (TPSA) is 58.6 Å². The highest BCUT2D eigenvalue weighted by molar-refractivity contribution is 5.79. The number of nitrogens with one attached hydrogen (secondary N) is 1. The van der Waals surface area contributed by atoms with Gasteiger partial charge < -0.3 is 15.2 Å². The molecule has 25 heavy (non-hydrogen) atoms. The lowest BCUT2D eigenvalue weighted by atomic mass is 9.98. The maximum absolute atomic E-state index is 12.2. The summed E-state index contributed by atoms with van der Waals surface area (Å²) in [5.74, 6) is -0.0511. The molecule has 3 rings (SSSR count). The molecule has 2 aromatic carbocycles. The van der Waals surface area contributed by atoms with Gasteiger partial charge in [-0.2, -0.15) is 0 Å². The first kappa shape index (κ1) is 17.4. The van der Waals surface area contributed by atoms with Crippen LogP contribution in [0.25, 0.3) is 11.1 Å². The third-order valence-electron chi connectivity index (χ3n) is 4.34. The lowest BCUT2D eigenvalue weighted by molar-refractivity contribution is -0.00840. The number of alkyl carbamates (subject to hydrolysis) is 1. The van der Waals surface area contributed by atoms with Gasteiger partial charge in [0.05, 0.1) is 0 Å². The van der Waals surface area contributed by atoms with Crippen molar-refractivity contribution in [1.29, 1.82) is 0 Å². The van der Waals surface area contributed by atoms with E-state index in [0.717, 1.165) is 22.3 Å². The van der Waals surface area contributed by atoms with Gasteiger partial charge in [-0.25, -0.2) is 13.6 Å². The van der Waals surface area contributed by atoms with Crippen LogP contribution in [0.3, 0.4) is 0 Å². The Bertz CT molecular complexity index is 705. The number of carbonyl (C=O) groups excluding carboxylic acids is 1. The molecule has 0 aromatic heterocycles. The number of amides is 1. The number of rotatable bonds is 6. The van der Waals surface area contributed by atoms with Crippen molar-refractivity contribution < 1.29 is 23.4 Å². The molecule has 0 saturated heterocycles. The van der Waals surface area contributed by atoms with E-state index in [9.17, 15) is 13.6 Å². The first-order valence-corrected chi connectivity index (χ1v) is 8.13. The van der Waals surface area contributed by atoms with Gasteiger partial charge in [0.1, 0.15) is 12.7 Å². The summed E-state index contributed by atoms with van der Waals surface area (Å²) in [6.07, 6.45) is -5.46. The first-order valence-electron chi connectivity index (χ1n) is 8.13. The van der Waals surface area contributed by atoms with E-state index < -0.39 is 18.6 Å². The average molecular weight is 347 g/mol. The Balaban J connectivity index is 1.59. The number of hydrogen-bond acceptors (Lipinski definition) is 3. The predicted octanol–water partition coefficient (Wildman–Crippen LogP) is 3.54. The van der Waals surface area contributed by atoms with Crippen LogP contribution in [0.5, 0.6) is 0 Å². The van der Waals surface area contributed by atoms with E-state index in [1.807, 2.05) is 48.5 Å². The van der Waals surface area contributed by atoms with E-state index in [2.05, 4.69) is 5.32 Å². The number of aliphatic hydroxyl groups is 1. The molecule has 0 spiro atoms. The third-order valence-corrected chi connectivity index (χ3v) is 4.34. The fourth-order valence-corrected chi connectivity index (χ4v) is 3.10. The molecule has 4 nitrogen and oxygen atoms in total. The summed E-state index contributed by atoms with van der Waals surface area (Å²) in [6, 6.07) is 16.0. The number of ether oxygens (including phenoxy) is 1. The normalized spacial score (nSPS) is 14.1. The SMILES string of the molecule is O=C(NCCC(O)C(F)F)OCC1c2ccccc2-c2ccccc21. The Kier molecular flexibility index (Phi) is 5.28. The maximum atomic E-state index is 12.2. The van der Waals surface area contributed by atoms with Crippen LogP contribution in [0, 0.1) is 0 Å². The van der Waals surface area contributed by atoms with Crippen LogP contribution in [-0.4, -0.2) is 36.9 Å². The van der Waals surface area contributed by atoms with Crippen LogP contribution in [0.4, 0.5) is 13.6 Å². The van der Waals surface area contributed by atoms with Gasteiger partial charge in [-0.3, -0.25) is 0 Å². The number of alkyl halides is 2. The second-order valence-electron chi connectivity index (χ2n) is 5.94. The number of halogens is 2. The molecule has 6 heteroatoms. The minimum absolute atomic E-state index is 0.0511. The quantitative estimate of drug-likeness (QED) is 0.840. The van der Waals surface area contributed by atoms with Crippen molar-refractivity contribution in [2.45, 2.75) is 24.9 Å². The summed E-state index contributed by atoms with van der Waals surface area (Å²) in [5.41, 5.74) is 4.47. The lowest BCUT2D eigenvalue weighted by Crippen LogP contribution is -2.30. The molecule has 0 radical (unpaired) electrons. The van der Waals surface area contributed by atoms with E-state index >= 15 is 0 Å². The molecule has 1 atom stereocenters. The van der Waals surface area contributed by atoms with Crippen molar-refractivity contribution in [1.82, 2.24) is 5.32 Å². The van der Waals surface area contributed by atoms with E-state index in [-0.39, 0.29) is 25.5 Å². The number of aliphatic hydroxyl groups excluding tert-OH is 1. The Morgan fingerprint density at radius 1 is 1.08 bits per heavy atom. The second kappa shape index (κ2) is 7.61. The zero-order chi connectivity index (χ0) is 17.8. The van der Waals surface area contributed by atoms with Crippen molar-refractivity contribution in [2.24, 2.45) is 0 Å². The fourth-order valence-electron chi connectivity index (χ4n) is 3.10. The van der Waals surface area contributed by atoms with Crippen LogP contribution >= 0.6 is 0 Å². The molecule has 1 unspecified atom stereocenters. The smallest absolute Gasteiger partial charge is 0.407 e. The highest BCUT2D eigenvalue weighted by Gasteiger charge is 2.29. The second-order valence-corrected chi connectivity index (χ2v) is 5.94. The fraction of sp³-hybridized carbons (Fsp3) is 0.316. The van der Waals surface area contributed by atoms with Gasteiger partial charge in [-0.1, -0.05) is 48.5 Å². The summed E-state index contributed by atoms with van der Waals surface area (Å²) in [4.78, 5) is 11.8. The van der Waals surface area contributed by atoms with Gasteiger partial charge in [0, 0.05) is 12.5 Å². The molecule has 0 heterocycles. The minimum Gasteiger partial charge on any atom is -0.449 e. The molecule has 1 amide bonds. The summed E-state index contributed by atoms with van der Waals surface area (Å²) in [7, 11) is 0. The van der Waals surface area contributed by atoms with Crippen molar-refractivity contribution in [3.63, 3.8) is 0 Å². The largest absolute Gasteiger partial charge is 0.449 e. The molecule has 0 bridgehead atoms. The van der Waals surface area contributed by atoms with Gasteiger partial charge in [0.15, 0.2) is 0 Å². The zero-order valence-electron chi connectivity index (χ0n) is 13.5. The van der Waals surface area contributed by atoms with Gasteiger partial charge >= 0.3 is 6.09 Å². The Hall–Kier alpha value is -2.47. The van der Waals surface area contributed by atoms with E-state index in [1.54, 1.807) is 0 Å². The molecule has 0 fully saturated rings. The third kappa shape index (κ3) is 3.79. The molecule has 2 N–H and O–H groups in total. The zero-order valence-corrected chi connectivity index (χ0v) is 13.5. The summed E-state index contributed by atoms with van der Waals surface area (Å²) in [6.45, 7) is 0.0967. The van der Waals surface area contributed by atoms with Crippen molar-refractivity contribution in [3.8, 4) is 11.1 Å². The highest BCUT2D eigenvalue weighted by Crippen LogP contribution is 2.44. The van der Waals surface area contributed by atoms with Gasteiger partial charge in [0.2, 0.25) is 0 Å². The molecule has 132 valence electrons. The van der Waals surface area contributed by atoms with Crippen LogP contribution in [-0.2, 0) is 4.74 Å². The van der Waals surface area contributed by atoms with Gasteiger partial charge in [-0.05, 0) is 28.7 Å².